The highest BCUT2D eigenvalue weighted by molar-refractivity contribution is 5.73. The van der Waals surface area contributed by atoms with Crippen molar-refractivity contribution < 1.29 is 4.79 Å². The van der Waals surface area contributed by atoms with Gasteiger partial charge in [-0.15, -0.1) is 0 Å². The molecule has 0 unspecified atom stereocenters. The van der Waals surface area contributed by atoms with Gasteiger partial charge in [0.2, 0.25) is 0 Å². The van der Waals surface area contributed by atoms with E-state index in [1.165, 1.54) is 19.3 Å². The number of pyridine rings is 2. The number of carbonyl (C=O) groups is 1. The quantitative estimate of drug-likeness (QED) is 0.602. The molecule has 166 valence electrons. The summed E-state index contributed by atoms with van der Waals surface area (Å²) in [5.74, 6) is 0.988. The summed E-state index contributed by atoms with van der Waals surface area (Å²) in [6.45, 7) is 3.52. The van der Waals surface area contributed by atoms with Gasteiger partial charge in [0.25, 0.3) is 5.56 Å². The van der Waals surface area contributed by atoms with Gasteiger partial charge in [-0.3, -0.25) is 4.79 Å². The molecule has 0 radical (unpaired) electrons. The first kappa shape index (κ1) is 21.6. The van der Waals surface area contributed by atoms with Gasteiger partial charge in [0.15, 0.2) is 0 Å². The lowest BCUT2D eigenvalue weighted by molar-refractivity contribution is 0.240. The maximum absolute atomic E-state index is 12.2. The van der Waals surface area contributed by atoms with Crippen LogP contribution in [0, 0.1) is 0 Å². The van der Waals surface area contributed by atoms with E-state index in [2.05, 4.69) is 26.6 Å². The molecule has 3 heterocycles. The lowest BCUT2D eigenvalue weighted by atomic mass is 10.1. The van der Waals surface area contributed by atoms with Crippen LogP contribution in [0.1, 0.15) is 36.0 Å². The zero-order valence-electron chi connectivity index (χ0n) is 18.2. The van der Waals surface area contributed by atoms with Crippen molar-refractivity contribution in [1.82, 2.24) is 20.2 Å². The van der Waals surface area contributed by atoms with Gasteiger partial charge < -0.3 is 20.1 Å². The average molecular weight is 432 g/mol. The molecule has 0 saturated carbocycles. The summed E-state index contributed by atoms with van der Waals surface area (Å²) < 4.78 is 1.66. The number of urea groups is 1. The SMILES string of the molecule is O=C(NCc1ccc(Cn2ccccc2=O)cc1)NCc1ccnc(N2CCCCC2)c1. The van der Waals surface area contributed by atoms with Crippen molar-refractivity contribution in [1.29, 1.82) is 0 Å². The number of benzene rings is 1. The molecule has 1 aromatic carbocycles. The third-order valence-corrected chi connectivity index (χ3v) is 5.67. The summed E-state index contributed by atoms with van der Waals surface area (Å²) >= 11 is 0. The van der Waals surface area contributed by atoms with Crippen LogP contribution in [0.5, 0.6) is 0 Å². The normalized spacial score (nSPS) is 13.6. The predicted molar refractivity (Wildman–Crippen MR) is 126 cm³/mol. The van der Waals surface area contributed by atoms with E-state index >= 15 is 0 Å². The van der Waals surface area contributed by atoms with Crippen LogP contribution in [-0.4, -0.2) is 28.7 Å². The van der Waals surface area contributed by atoms with Crippen LogP contribution in [0.15, 0.2) is 71.8 Å². The monoisotopic (exact) mass is 431 g/mol. The maximum Gasteiger partial charge on any atom is 0.315 e. The standard InChI is InChI=1S/C25H29N5O2/c31-24-6-2-5-15-30(24)19-21-9-7-20(8-10-21)17-27-25(32)28-18-22-11-12-26-23(16-22)29-13-3-1-4-14-29/h2,5-12,15-16H,1,3-4,13-14,17-19H2,(H2,27,28,32). The van der Waals surface area contributed by atoms with Crippen LogP contribution in [-0.2, 0) is 19.6 Å². The minimum absolute atomic E-state index is 0.0211. The first-order valence-electron chi connectivity index (χ1n) is 11.1. The molecule has 0 atom stereocenters. The summed E-state index contributed by atoms with van der Waals surface area (Å²) in [5.41, 5.74) is 3.05. The van der Waals surface area contributed by atoms with Crippen LogP contribution in [0.25, 0.3) is 0 Å². The number of amides is 2. The van der Waals surface area contributed by atoms with E-state index in [9.17, 15) is 9.59 Å². The van der Waals surface area contributed by atoms with E-state index in [0.29, 0.717) is 19.6 Å². The van der Waals surface area contributed by atoms with E-state index < -0.39 is 0 Å². The number of nitrogens with zero attached hydrogens (tertiary/aromatic N) is 3. The molecule has 2 aromatic heterocycles. The highest BCUT2D eigenvalue weighted by Crippen LogP contribution is 2.18. The van der Waals surface area contributed by atoms with Gasteiger partial charge in [-0.2, -0.15) is 0 Å². The third-order valence-electron chi connectivity index (χ3n) is 5.67. The molecule has 32 heavy (non-hydrogen) atoms. The number of hydrogen-bond donors (Lipinski definition) is 2. The van der Waals surface area contributed by atoms with Gasteiger partial charge in [-0.05, 0) is 54.2 Å². The molecule has 1 aliphatic rings. The highest BCUT2D eigenvalue weighted by Gasteiger charge is 2.12. The number of hydrogen-bond acceptors (Lipinski definition) is 4. The van der Waals surface area contributed by atoms with Crippen molar-refractivity contribution in [2.75, 3.05) is 18.0 Å². The number of nitrogens with one attached hydrogen (secondary N) is 2. The van der Waals surface area contributed by atoms with Gasteiger partial charge in [0, 0.05) is 44.6 Å². The summed E-state index contributed by atoms with van der Waals surface area (Å²) in [4.78, 5) is 30.9. The maximum atomic E-state index is 12.2. The Morgan fingerprint density at radius 3 is 2.34 bits per heavy atom. The van der Waals surface area contributed by atoms with Crippen molar-refractivity contribution in [3.05, 3.63) is 94.0 Å². The predicted octanol–water partition coefficient (Wildman–Crippen LogP) is 3.28. The molecule has 0 aliphatic carbocycles. The summed E-state index contributed by atoms with van der Waals surface area (Å²) in [6.07, 6.45) is 7.29. The van der Waals surface area contributed by atoms with Crippen molar-refractivity contribution in [2.45, 2.75) is 38.9 Å². The lowest BCUT2D eigenvalue weighted by Crippen LogP contribution is -2.34. The fourth-order valence-corrected chi connectivity index (χ4v) is 3.84. The molecule has 4 rings (SSSR count). The molecule has 7 heteroatoms. The molecule has 2 N–H and O–H groups in total. The van der Waals surface area contributed by atoms with Crippen LogP contribution < -0.4 is 21.1 Å². The van der Waals surface area contributed by atoms with Crippen molar-refractivity contribution in [2.24, 2.45) is 0 Å². The van der Waals surface area contributed by atoms with Gasteiger partial charge in [0.1, 0.15) is 5.82 Å². The van der Waals surface area contributed by atoms with Crippen LogP contribution in [0.2, 0.25) is 0 Å². The van der Waals surface area contributed by atoms with Gasteiger partial charge in [-0.1, -0.05) is 30.3 Å². The Balaban J connectivity index is 1.24. The van der Waals surface area contributed by atoms with E-state index in [1.807, 2.05) is 42.6 Å². The van der Waals surface area contributed by atoms with Crippen LogP contribution in [0.3, 0.4) is 0 Å². The summed E-state index contributed by atoms with van der Waals surface area (Å²) in [7, 11) is 0. The fourth-order valence-electron chi connectivity index (χ4n) is 3.84. The minimum Gasteiger partial charge on any atom is -0.357 e. The third kappa shape index (κ3) is 5.97. The fraction of sp³-hybridized carbons (Fsp3) is 0.320. The topological polar surface area (TPSA) is 79.3 Å². The van der Waals surface area contributed by atoms with Gasteiger partial charge >= 0.3 is 6.03 Å². The molecule has 0 spiro atoms. The summed E-state index contributed by atoms with van der Waals surface area (Å²) in [6, 6.07) is 16.8. The van der Waals surface area contributed by atoms with Crippen molar-refractivity contribution >= 4 is 11.8 Å². The summed E-state index contributed by atoms with van der Waals surface area (Å²) in [5, 5.41) is 5.81. The molecule has 1 aliphatic heterocycles. The van der Waals surface area contributed by atoms with Gasteiger partial charge in [-0.25, -0.2) is 9.78 Å². The zero-order chi connectivity index (χ0) is 22.2. The Morgan fingerprint density at radius 2 is 1.59 bits per heavy atom. The second kappa shape index (κ2) is 10.6. The molecule has 1 saturated heterocycles. The first-order chi connectivity index (χ1) is 15.7. The smallest absolute Gasteiger partial charge is 0.315 e. The van der Waals surface area contributed by atoms with E-state index in [1.54, 1.807) is 22.9 Å². The largest absolute Gasteiger partial charge is 0.357 e. The highest BCUT2D eigenvalue weighted by atomic mass is 16.2. The van der Waals surface area contributed by atoms with E-state index in [-0.39, 0.29) is 11.6 Å². The number of aromatic nitrogens is 2. The number of carbonyl (C=O) groups excluding carboxylic acids is 1. The molecule has 0 bridgehead atoms. The molecule has 1 fully saturated rings. The Bertz CT molecular complexity index is 1090. The molecule has 2 amide bonds. The number of piperidine rings is 1. The van der Waals surface area contributed by atoms with Crippen molar-refractivity contribution in [3.8, 4) is 0 Å². The number of rotatable bonds is 7. The van der Waals surface area contributed by atoms with E-state index in [0.717, 1.165) is 35.6 Å². The Morgan fingerprint density at radius 1 is 0.875 bits per heavy atom. The second-order valence-electron chi connectivity index (χ2n) is 8.09. The van der Waals surface area contributed by atoms with Gasteiger partial charge in [0.05, 0.1) is 6.54 Å². The first-order valence-corrected chi connectivity index (χ1v) is 11.1. The van der Waals surface area contributed by atoms with Crippen LogP contribution in [0.4, 0.5) is 10.6 Å². The Labute approximate surface area is 188 Å². The molecular formula is C25H29N5O2. The zero-order valence-corrected chi connectivity index (χ0v) is 18.2. The Hall–Kier alpha value is -3.61. The Kier molecular flexibility index (Phi) is 7.17. The van der Waals surface area contributed by atoms with Crippen LogP contribution >= 0.6 is 0 Å². The van der Waals surface area contributed by atoms with Crippen molar-refractivity contribution in [3.63, 3.8) is 0 Å². The molecule has 7 nitrogen and oxygen atoms in total. The molecule has 3 aromatic rings. The molecular weight excluding hydrogens is 402 g/mol. The lowest BCUT2D eigenvalue weighted by Gasteiger charge is -2.27. The average Bonchev–Trinajstić information content (AvgIpc) is 2.84. The minimum atomic E-state index is -0.207. The van der Waals surface area contributed by atoms with E-state index in [4.69, 9.17) is 0 Å². The second-order valence-corrected chi connectivity index (χ2v) is 8.09. The number of anilines is 1.